The number of aromatic amines is 1. The van der Waals surface area contributed by atoms with Crippen molar-refractivity contribution in [2.24, 2.45) is 0 Å². The van der Waals surface area contributed by atoms with E-state index in [2.05, 4.69) is 62.9 Å². The highest BCUT2D eigenvalue weighted by atomic mass is 16.5. The average Bonchev–Trinajstić information content (AvgIpc) is 3.37. The Morgan fingerprint density at radius 3 is 2.92 bits per heavy atom. The molecule has 5 rings (SSSR count). The molecule has 2 bridgehead atoms. The van der Waals surface area contributed by atoms with Crippen molar-refractivity contribution in [3.05, 3.63) is 54.2 Å². The second-order valence-electron chi connectivity index (χ2n) is 7.48. The van der Waals surface area contributed by atoms with Crippen LogP contribution in [0.15, 0.2) is 48.7 Å². The zero-order valence-corrected chi connectivity index (χ0v) is 15.0. The third-order valence-corrected chi connectivity index (χ3v) is 6.00. The number of H-pyrrole nitrogens is 1. The topological polar surface area (TPSA) is 53.2 Å². The Balaban J connectivity index is 1.30. The summed E-state index contributed by atoms with van der Waals surface area (Å²) in [6, 6.07) is 16.8. The van der Waals surface area contributed by atoms with Gasteiger partial charge < -0.3 is 10.1 Å². The minimum absolute atomic E-state index is 0.524. The molecular weight excluding hydrogens is 324 g/mol. The van der Waals surface area contributed by atoms with Crippen LogP contribution in [-0.4, -0.2) is 40.3 Å². The summed E-state index contributed by atoms with van der Waals surface area (Å²) in [6.45, 7) is 1.03. The van der Waals surface area contributed by atoms with Gasteiger partial charge in [0, 0.05) is 35.7 Å². The fourth-order valence-corrected chi connectivity index (χ4v) is 4.69. The maximum Gasteiger partial charge on any atom is 0.118 e. The Morgan fingerprint density at radius 2 is 2.08 bits per heavy atom. The quantitative estimate of drug-likeness (QED) is 0.737. The number of benzene rings is 2. The van der Waals surface area contributed by atoms with Crippen LogP contribution in [-0.2, 0) is 6.54 Å². The van der Waals surface area contributed by atoms with E-state index >= 15 is 0 Å². The van der Waals surface area contributed by atoms with Gasteiger partial charge >= 0.3 is 0 Å². The number of methoxy groups -OCH3 is 1. The molecule has 0 aliphatic carbocycles. The molecule has 2 aromatic carbocycles. The maximum atomic E-state index is 5.27. The fourth-order valence-electron chi connectivity index (χ4n) is 4.69. The van der Waals surface area contributed by atoms with Crippen molar-refractivity contribution in [1.29, 1.82) is 0 Å². The van der Waals surface area contributed by atoms with E-state index in [1.807, 2.05) is 6.20 Å². The molecular formula is C21H24N4O. The number of nitrogens with one attached hydrogen (secondary N) is 2. The lowest BCUT2D eigenvalue weighted by Gasteiger charge is -2.26. The van der Waals surface area contributed by atoms with Crippen molar-refractivity contribution in [3.8, 4) is 5.75 Å². The Hall–Kier alpha value is -2.53. The molecule has 5 heteroatoms. The van der Waals surface area contributed by atoms with Gasteiger partial charge in [-0.2, -0.15) is 5.10 Å². The first-order valence-electron chi connectivity index (χ1n) is 9.38. The van der Waals surface area contributed by atoms with Crippen LogP contribution >= 0.6 is 0 Å². The molecule has 3 aromatic rings. The van der Waals surface area contributed by atoms with Crippen LogP contribution in [0.1, 0.15) is 24.8 Å². The molecule has 134 valence electrons. The largest absolute Gasteiger partial charge is 0.497 e. The Bertz CT molecular complexity index is 904. The molecule has 0 spiro atoms. The van der Waals surface area contributed by atoms with Gasteiger partial charge in [-0.3, -0.25) is 10.00 Å². The zero-order chi connectivity index (χ0) is 17.5. The molecule has 0 amide bonds. The molecule has 5 nitrogen and oxygen atoms in total. The molecule has 2 aliphatic rings. The maximum absolute atomic E-state index is 5.27. The van der Waals surface area contributed by atoms with Crippen molar-refractivity contribution in [2.75, 3.05) is 12.4 Å². The molecule has 2 N–H and O–H groups in total. The van der Waals surface area contributed by atoms with Crippen molar-refractivity contribution in [3.63, 3.8) is 0 Å². The van der Waals surface area contributed by atoms with Crippen LogP contribution < -0.4 is 10.1 Å². The number of aromatic nitrogens is 2. The van der Waals surface area contributed by atoms with Crippen LogP contribution in [0.4, 0.5) is 5.69 Å². The molecule has 2 fully saturated rings. The molecule has 26 heavy (non-hydrogen) atoms. The Kier molecular flexibility index (Phi) is 3.82. The van der Waals surface area contributed by atoms with E-state index in [9.17, 15) is 0 Å². The highest BCUT2D eigenvalue weighted by Gasteiger charge is 2.45. The van der Waals surface area contributed by atoms with Crippen LogP contribution in [0, 0.1) is 0 Å². The highest BCUT2D eigenvalue weighted by Crippen LogP contribution is 2.40. The van der Waals surface area contributed by atoms with E-state index < -0.39 is 0 Å². The van der Waals surface area contributed by atoms with Crippen LogP contribution in [0.25, 0.3) is 10.9 Å². The third kappa shape index (κ3) is 2.72. The summed E-state index contributed by atoms with van der Waals surface area (Å²) in [7, 11) is 1.72. The van der Waals surface area contributed by atoms with Crippen LogP contribution in [0.5, 0.6) is 5.75 Å². The first-order chi connectivity index (χ1) is 12.8. The molecule has 2 aliphatic heterocycles. The van der Waals surface area contributed by atoms with Gasteiger partial charge in [0.2, 0.25) is 0 Å². The van der Waals surface area contributed by atoms with Crippen LogP contribution in [0.2, 0.25) is 0 Å². The minimum Gasteiger partial charge on any atom is -0.497 e. The Morgan fingerprint density at radius 1 is 1.19 bits per heavy atom. The molecule has 1 aromatic heterocycles. The number of nitrogens with zero attached hydrogens (tertiary/aromatic N) is 2. The standard InChI is InChI=1S/C21H24N4O/c1-26-18-6-2-14(3-7-18)13-25-17-5-9-21(25)20(11-17)23-16-4-8-19-15(10-16)12-22-24-19/h2-4,6-8,10,12,17,20-21,23H,5,9,11,13H2,1H3,(H,22,24). The molecule has 3 heterocycles. The molecule has 0 radical (unpaired) electrons. The summed E-state index contributed by atoms with van der Waals surface area (Å²) in [6.07, 6.45) is 5.72. The second-order valence-corrected chi connectivity index (χ2v) is 7.48. The highest BCUT2D eigenvalue weighted by molar-refractivity contribution is 5.81. The summed E-state index contributed by atoms with van der Waals surface area (Å²) in [5.41, 5.74) is 3.65. The van der Waals surface area contributed by atoms with E-state index in [4.69, 9.17) is 4.74 Å². The molecule has 0 saturated carbocycles. The SMILES string of the molecule is COc1ccc(CN2C3CCC2C(Nc2ccc4[nH]ncc4c2)C3)cc1. The molecule has 2 saturated heterocycles. The third-order valence-electron chi connectivity index (χ3n) is 6.00. The van der Waals surface area contributed by atoms with Gasteiger partial charge in [-0.15, -0.1) is 0 Å². The summed E-state index contributed by atoms with van der Waals surface area (Å²) in [4.78, 5) is 2.69. The summed E-state index contributed by atoms with van der Waals surface area (Å²) in [5, 5.41) is 12.1. The number of fused-ring (bicyclic) bond motifs is 3. The van der Waals surface area contributed by atoms with E-state index in [1.165, 1.54) is 30.5 Å². The first kappa shape index (κ1) is 15.7. The fraction of sp³-hybridized carbons (Fsp3) is 0.381. The number of hydrogen-bond donors (Lipinski definition) is 2. The lowest BCUT2D eigenvalue weighted by atomic mass is 9.95. The lowest BCUT2D eigenvalue weighted by Crippen LogP contribution is -2.35. The lowest BCUT2D eigenvalue weighted by molar-refractivity contribution is 0.241. The van der Waals surface area contributed by atoms with Gasteiger partial charge in [-0.05, 0) is 55.2 Å². The zero-order valence-electron chi connectivity index (χ0n) is 15.0. The summed E-state index contributed by atoms with van der Waals surface area (Å²) in [5.74, 6) is 0.923. The monoisotopic (exact) mass is 348 g/mol. The molecule has 3 atom stereocenters. The van der Waals surface area contributed by atoms with Gasteiger partial charge in [0.15, 0.2) is 0 Å². The predicted octanol–water partition coefficient (Wildman–Crippen LogP) is 3.79. The predicted molar refractivity (Wildman–Crippen MR) is 103 cm³/mol. The van der Waals surface area contributed by atoms with Crippen LogP contribution in [0.3, 0.4) is 0 Å². The average molecular weight is 348 g/mol. The second kappa shape index (κ2) is 6.32. The number of anilines is 1. The van der Waals surface area contributed by atoms with Crippen molar-refractivity contribution in [1.82, 2.24) is 15.1 Å². The van der Waals surface area contributed by atoms with Gasteiger partial charge in [-0.25, -0.2) is 0 Å². The van der Waals surface area contributed by atoms with Gasteiger partial charge in [0.05, 0.1) is 18.8 Å². The number of hydrogen-bond acceptors (Lipinski definition) is 4. The summed E-state index contributed by atoms with van der Waals surface area (Å²) < 4.78 is 5.27. The normalized spacial score (nSPS) is 25.0. The van der Waals surface area contributed by atoms with Gasteiger partial charge in [0.1, 0.15) is 5.75 Å². The van der Waals surface area contributed by atoms with E-state index in [0.29, 0.717) is 18.1 Å². The van der Waals surface area contributed by atoms with Crippen molar-refractivity contribution in [2.45, 2.75) is 43.9 Å². The number of rotatable bonds is 5. The van der Waals surface area contributed by atoms with E-state index in [-0.39, 0.29) is 0 Å². The van der Waals surface area contributed by atoms with Gasteiger partial charge in [-0.1, -0.05) is 12.1 Å². The van der Waals surface area contributed by atoms with E-state index in [1.54, 1.807) is 7.11 Å². The number of ether oxygens (including phenoxy) is 1. The van der Waals surface area contributed by atoms with Crippen molar-refractivity contribution >= 4 is 16.6 Å². The minimum atomic E-state index is 0.524. The Labute approximate surface area is 153 Å². The van der Waals surface area contributed by atoms with Gasteiger partial charge in [0.25, 0.3) is 0 Å². The van der Waals surface area contributed by atoms with Crippen molar-refractivity contribution < 1.29 is 4.74 Å². The van der Waals surface area contributed by atoms with E-state index in [0.717, 1.165) is 23.2 Å². The molecule has 3 unspecified atom stereocenters. The first-order valence-corrected chi connectivity index (χ1v) is 9.38. The summed E-state index contributed by atoms with van der Waals surface area (Å²) >= 11 is 0. The smallest absolute Gasteiger partial charge is 0.118 e.